The molecule has 2 heterocycles. The first-order valence-electron chi connectivity index (χ1n) is 6.54. The summed E-state index contributed by atoms with van der Waals surface area (Å²) in [6.45, 7) is 3.75. The van der Waals surface area contributed by atoms with Crippen LogP contribution in [0.2, 0.25) is 0 Å². The van der Waals surface area contributed by atoms with Crippen molar-refractivity contribution in [2.45, 2.75) is 25.6 Å². The Morgan fingerprint density at radius 1 is 1.26 bits per heavy atom. The molecule has 0 spiro atoms. The summed E-state index contributed by atoms with van der Waals surface area (Å²) in [6.07, 6.45) is 0.549. The molecule has 3 rings (SSSR count). The molecular formula is C14H17BrO4. The molecule has 0 bridgehead atoms. The number of benzene rings is 1. The van der Waals surface area contributed by atoms with E-state index in [-0.39, 0.29) is 12.0 Å². The minimum atomic E-state index is -0.546. The predicted molar refractivity (Wildman–Crippen MR) is 73.6 cm³/mol. The third-order valence-electron chi connectivity index (χ3n) is 3.66. The monoisotopic (exact) mass is 328 g/mol. The predicted octanol–water partition coefficient (Wildman–Crippen LogP) is 2.68. The van der Waals surface area contributed by atoms with Gasteiger partial charge in [-0.2, -0.15) is 0 Å². The molecule has 3 unspecified atom stereocenters. The van der Waals surface area contributed by atoms with Crippen molar-refractivity contribution in [3.63, 3.8) is 0 Å². The Hall–Kier alpha value is -0.780. The van der Waals surface area contributed by atoms with Gasteiger partial charge in [0, 0.05) is 10.4 Å². The highest BCUT2D eigenvalue weighted by Crippen LogP contribution is 2.41. The largest absolute Gasteiger partial charge is 0.486 e. The minimum Gasteiger partial charge on any atom is -0.486 e. The van der Waals surface area contributed by atoms with Gasteiger partial charge in [-0.25, -0.2) is 0 Å². The van der Waals surface area contributed by atoms with E-state index in [1.165, 1.54) is 0 Å². The van der Waals surface area contributed by atoms with Crippen molar-refractivity contribution in [1.29, 1.82) is 0 Å². The van der Waals surface area contributed by atoms with E-state index in [4.69, 9.17) is 14.2 Å². The van der Waals surface area contributed by atoms with Crippen molar-refractivity contribution in [2.75, 3.05) is 19.8 Å². The molecule has 1 aromatic carbocycles. The molecule has 19 heavy (non-hydrogen) atoms. The molecule has 104 valence electrons. The van der Waals surface area contributed by atoms with E-state index in [1.807, 2.05) is 19.1 Å². The number of halogens is 1. The van der Waals surface area contributed by atoms with Crippen LogP contribution in [0.15, 0.2) is 16.6 Å². The molecule has 2 aliphatic heterocycles. The van der Waals surface area contributed by atoms with Gasteiger partial charge in [0.15, 0.2) is 11.5 Å². The van der Waals surface area contributed by atoms with Crippen molar-refractivity contribution >= 4 is 15.9 Å². The molecule has 0 aliphatic carbocycles. The zero-order valence-corrected chi connectivity index (χ0v) is 12.4. The maximum atomic E-state index is 10.5. The summed E-state index contributed by atoms with van der Waals surface area (Å²) in [5, 5.41) is 10.5. The van der Waals surface area contributed by atoms with E-state index in [0.29, 0.717) is 25.6 Å². The molecule has 3 atom stereocenters. The maximum absolute atomic E-state index is 10.5. The summed E-state index contributed by atoms with van der Waals surface area (Å²) in [4.78, 5) is 0. The third kappa shape index (κ3) is 2.59. The first-order valence-corrected chi connectivity index (χ1v) is 7.33. The van der Waals surface area contributed by atoms with Crippen LogP contribution in [0.25, 0.3) is 0 Å². The highest BCUT2D eigenvalue weighted by molar-refractivity contribution is 9.10. The summed E-state index contributed by atoms with van der Waals surface area (Å²) >= 11 is 3.50. The molecule has 5 heteroatoms. The number of aliphatic hydroxyl groups is 1. The second-order valence-corrected chi connectivity index (χ2v) is 5.96. The van der Waals surface area contributed by atoms with Crippen LogP contribution in [-0.2, 0) is 4.74 Å². The van der Waals surface area contributed by atoms with Gasteiger partial charge in [0.05, 0.1) is 18.8 Å². The van der Waals surface area contributed by atoms with Gasteiger partial charge >= 0.3 is 0 Å². The van der Waals surface area contributed by atoms with Crippen molar-refractivity contribution in [2.24, 2.45) is 5.92 Å². The first kappa shape index (κ1) is 13.2. The maximum Gasteiger partial charge on any atom is 0.162 e. The Bertz CT molecular complexity index is 477. The number of rotatable bonds is 2. The number of fused-ring (bicyclic) bond motifs is 1. The summed E-state index contributed by atoms with van der Waals surface area (Å²) in [6, 6.07) is 3.73. The Morgan fingerprint density at radius 3 is 2.58 bits per heavy atom. The van der Waals surface area contributed by atoms with E-state index in [0.717, 1.165) is 22.2 Å². The number of hydrogen-bond acceptors (Lipinski definition) is 4. The van der Waals surface area contributed by atoms with Crippen LogP contribution >= 0.6 is 15.9 Å². The smallest absolute Gasteiger partial charge is 0.162 e. The van der Waals surface area contributed by atoms with Crippen molar-refractivity contribution in [3.05, 3.63) is 22.2 Å². The molecule has 0 aromatic heterocycles. The fourth-order valence-electron chi connectivity index (χ4n) is 2.63. The van der Waals surface area contributed by atoms with Gasteiger partial charge in [-0.1, -0.05) is 15.9 Å². The van der Waals surface area contributed by atoms with Crippen molar-refractivity contribution in [1.82, 2.24) is 0 Å². The molecule has 0 radical (unpaired) electrons. The Labute approximate surface area is 120 Å². The van der Waals surface area contributed by atoms with Gasteiger partial charge in [-0.3, -0.25) is 0 Å². The van der Waals surface area contributed by atoms with Crippen LogP contribution in [0.5, 0.6) is 11.5 Å². The molecule has 0 saturated carbocycles. The van der Waals surface area contributed by atoms with Gasteiger partial charge in [0.25, 0.3) is 0 Å². The van der Waals surface area contributed by atoms with Gasteiger partial charge in [0.2, 0.25) is 0 Å². The number of aliphatic hydroxyl groups excluding tert-OH is 1. The van der Waals surface area contributed by atoms with Crippen molar-refractivity contribution < 1.29 is 19.3 Å². The van der Waals surface area contributed by atoms with Gasteiger partial charge < -0.3 is 19.3 Å². The average Bonchev–Trinajstić information content (AvgIpc) is 2.84. The SMILES string of the molecule is CC1CC(C(O)c2cc3c(cc2Br)OCCO3)CO1. The van der Waals surface area contributed by atoms with E-state index in [2.05, 4.69) is 15.9 Å². The second-order valence-electron chi connectivity index (χ2n) is 5.10. The number of hydrogen-bond donors (Lipinski definition) is 1. The molecule has 1 fully saturated rings. The lowest BCUT2D eigenvalue weighted by Crippen LogP contribution is -2.17. The summed E-state index contributed by atoms with van der Waals surface area (Å²) in [7, 11) is 0. The van der Waals surface area contributed by atoms with Crippen LogP contribution in [0.4, 0.5) is 0 Å². The summed E-state index contributed by atoms with van der Waals surface area (Å²) < 4.78 is 17.5. The molecule has 1 saturated heterocycles. The Kier molecular flexibility index (Phi) is 3.69. The summed E-state index contributed by atoms with van der Waals surface area (Å²) in [5.41, 5.74) is 0.840. The second kappa shape index (κ2) is 5.31. The van der Waals surface area contributed by atoms with Crippen LogP contribution in [-0.4, -0.2) is 31.0 Å². The standard InChI is InChI=1S/C14H17BrO4/c1-8-4-9(7-19-8)14(16)10-5-12-13(6-11(10)15)18-3-2-17-12/h5-6,8-9,14,16H,2-4,7H2,1H3. The zero-order chi connectivity index (χ0) is 13.4. The fraction of sp³-hybridized carbons (Fsp3) is 0.571. The zero-order valence-electron chi connectivity index (χ0n) is 10.8. The van der Waals surface area contributed by atoms with E-state index in [1.54, 1.807) is 0 Å². The lowest BCUT2D eigenvalue weighted by atomic mass is 9.93. The molecule has 1 N–H and O–H groups in total. The molecule has 0 amide bonds. The van der Waals surface area contributed by atoms with E-state index >= 15 is 0 Å². The Morgan fingerprint density at radius 2 is 1.95 bits per heavy atom. The van der Waals surface area contributed by atoms with Crippen LogP contribution in [0.1, 0.15) is 25.0 Å². The van der Waals surface area contributed by atoms with E-state index in [9.17, 15) is 5.11 Å². The lowest BCUT2D eigenvalue weighted by Gasteiger charge is -2.23. The highest BCUT2D eigenvalue weighted by Gasteiger charge is 2.31. The summed E-state index contributed by atoms with van der Waals surface area (Å²) in [5.74, 6) is 1.56. The topological polar surface area (TPSA) is 47.9 Å². The lowest BCUT2D eigenvalue weighted by molar-refractivity contribution is 0.0795. The third-order valence-corrected chi connectivity index (χ3v) is 4.34. The Balaban J connectivity index is 1.87. The van der Waals surface area contributed by atoms with Crippen molar-refractivity contribution in [3.8, 4) is 11.5 Å². The van der Waals surface area contributed by atoms with Gasteiger partial charge in [0.1, 0.15) is 13.2 Å². The number of ether oxygens (including phenoxy) is 3. The normalized spacial score (nSPS) is 27.3. The van der Waals surface area contributed by atoms with E-state index < -0.39 is 6.10 Å². The van der Waals surface area contributed by atoms with Crippen LogP contribution in [0.3, 0.4) is 0 Å². The first-order chi connectivity index (χ1) is 9.15. The molecule has 1 aromatic rings. The minimum absolute atomic E-state index is 0.133. The average molecular weight is 329 g/mol. The molecule has 4 nitrogen and oxygen atoms in total. The van der Waals surface area contributed by atoms with Gasteiger partial charge in [-0.15, -0.1) is 0 Å². The molecular weight excluding hydrogens is 312 g/mol. The van der Waals surface area contributed by atoms with Gasteiger partial charge in [-0.05, 0) is 31.0 Å². The quantitative estimate of drug-likeness (QED) is 0.906. The fourth-order valence-corrected chi connectivity index (χ4v) is 3.19. The highest BCUT2D eigenvalue weighted by atomic mass is 79.9. The van der Waals surface area contributed by atoms with Crippen LogP contribution < -0.4 is 9.47 Å². The van der Waals surface area contributed by atoms with Crippen LogP contribution in [0, 0.1) is 5.92 Å². The molecule has 2 aliphatic rings.